The highest BCUT2D eigenvalue weighted by Crippen LogP contribution is 2.15. The molecule has 0 aromatic rings. The highest BCUT2D eigenvalue weighted by molar-refractivity contribution is 6.01. The Labute approximate surface area is 197 Å². The van der Waals surface area contributed by atoms with Gasteiger partial charge in [0.05, 0.1) is 12.1 Å². The van der Waals surface area contributed by atoms with Crippen LogP contribution in [0, 0.1) is 11.8 Å². The van der Waals surface area contributed by atoms with E-state index in [0.717, 1.165) is 4.90 Å². The van der Waals surface area contributed by atoms with Crippen LogP contribution in [0.25, 0.3) is 0 Å². The SMILES string of the molecule is CCC(=O)N(C(=O)[C@H](CC(C)C)NC(=O)[C@@H](N)CC(C)C)[C@H](C=O)CCCN=C(N)N.Cl. The number of guanidine groups is 1. The Balaban J connectivity index is 0. The number of nitrogens with two attached hydrogens (primary N) is 3. The minimum atomic E-state index is -0.968. The molecule has 7 N–H and O–H groups in total. The molecule has 0 fully saturated rings. The normalized spacial score (nSPS) is 13.5. The number of nitrogens with one attached hydrogen (secondary N) is 1. The summed E-state index contributed by atoms with van der Waals surface area (Å²) in [6.07, 6.45) is 2.01. The van der Waals surface area contributed by atoms with E-state index < -0.39 is 35.8 Å². The number of amides is 3. The predicted octanol–water partition coefficient (Wildman–Crippen LogP) is 0.699. The monoisotopic (exact) mass is 476 g/mol. The Kier molecular flexibility index (Phi) is 16.4. The van der Waals surface area contributed by atoms with Crippen molar-refractivity contribution < 1.29 is 19.2 Å². The Morgan fingerprint density at radius 1 is 1.06 bits per heavy atom. The van der Waals surface area contributed by atoms with Crippen LogP contribution in [-0.4, -0.2) is 59.5 Å². The van der Waals surface area contributed by atoms with Gasteiger partial charge in [-0.15, -0.1) is 12.4 Å². The molecule has 0 aliphatic rings. The van der Waals surface area contributed by atoms with Gasteiger partial charge in [0.2, 0.25) is 11.8 Å². The first-order chi connectivity index (χ1) is 14.4. The second kappa shape index (κ2) is 16.4. The average Bonchev–Trinajstić information content (AvgIpc) is 2.67. The van der Waals surface area contributed by atoms with Gasteiger partial charge in [-0.25, -0.2) is 0 Å². The summed E-state index contributed by atoms with van der Waals surface area (Å²) in [4.78, 5) is 55.0. The topological polar surface area (TPSA) is 174 Å². The molecule has 186 valence electrons. The first-order valence-electron chi connectivity index (χ1n) is 10.9. The van der Waals surface area contributed by atoms with E-state index in [0.29, 0.717) is 25.5 Å². The van der Waals surface area contributed by atoms with Gasteiger partial charge in [0.15, 0.2) is 5.96 Å². The lowest BCUT2D eigenvalue weighted by Gasteiger charge is -2.31. The van der Waals surface area contributed by atoms with Gasteiger partial charge in [0, 0.05) is 13.0 Å². The third-order valence-corrected chi connectivity index (χ3v) is 4.63. The maximum Gasteiger partial charge on any atom is 0.252 e. The lowest BCUT2D eigenvalue weighted by molar-refractivity contribution is -0.152. The summed E-state index contributed by atoms with van der Waals surface area (Å²) in [5.74, 6) is -1.35. The molecule has 0 aliphatic carbocycles. The third-order valence-electron chi connectivity index (χ3n) is 4.63. The van der Waals surface area contributed by atoms with Crippen molar-refractivity contribution in [2.75, 3.05) is 6.54 Å². The molecule has 0 spiro atoms. The molecular weight excluding hydrogens is 436 g/mol. The van der Waals surface area contributed by atoms with Crippen molar-refractivity contribution in [3.8, 4) is 0 Å². The van der Waals surface area contributed by atoms with Gasteiger partial charge in [0.25, 0.3) is 5.91 Å². The zero-order valence-corrected chi connectivity index (χ0v) is 20.7. The smallest absolute Gasteiger partial charge is 0.252 e. The maximum absolute atomic E-state index is 13.3. The summed E-state index contributed by atoms with van der Waals surface area (Å²) >= 11 is 0. The third kappa shape index (κ3) is 12.0. The van der Waals surface area contributed by atoms with E-state index in [4.69, 9.17) is 17.2 Å². The quantitative estimate of drug-likeness (QED) is 0.123. The summed E-state index contributed by atoms with van der Waals surface area (Å²) in [5, 5.41) is 2.70. The minimum Gasteiger partial charge on any atom is -0.370 e. The van der Waals surface area contributed by atoms with Crippen LogP contribution in [0.1, 0.15) is 66.7 Å². The molecule has 3 amide bonds. The van der Waals surface area contributed by atoms with Crippen molar-refractivity contribution in [1.82, 2.24) is 10.2 Å². The molecule has 11 heteroatoms. The van der Waals surface area contributed by atoms with E-state index in [-0.39, 0.29) is 49.6 Å². The van der Waals surface area contributed by atoms with Crippen LogP contribution >= 0.6 is 12.4 Å². The number of halogens is 1. The Bertz CT molecular complexity index is 638. The number of nitrogens with zero attached hydrogens (tertiary/aromatic N) is 2. The largest absolute Gasteiger partial charge is 0.370 e. The fourth-order valence-corrected chi connectivity index (χ4v) is 3.16. The molecule has 32 heavy (non-hydrogen) atoms. The highest BCUT2D eigenvalue weighted by atomic mass is 35.5. The summed E-state index contributed by atoms with van der Waals surface area (Å²) in [5.41, 5.74) is 16.5. The molecule has 0 aliphatic heterocycles. The van der Waals surface area contributed by atoms with Crippen LogP contribution in [0.4, 0.5) is 0 Å². The summed E-state index contributed by atoms with van der Waals surface area (Å²) in [6, 6.07) is -2.69. The average molecular weight is 477 g/mol. The van der Waals surface area contributed by atoms with Gasteiger partial charge in [-0.3, -0.25) is 24.3 Å². The fourth-order valence-electron chi connectivity index (χ4n) is 3.16. The van der Waals surface area contributed by atoms with Crippen molar-refractivity contribution in [3.05, 3.63) is 0 Å². The lowest BCUT2D eigenvalue weighted by Crippen LogP contribution is -2.57. The highest BCUT2D eigenvalue weighted by Gasteiger charge is 2.35. The molecule has 0 aromatic carbocycles. The molecule has 0 bridgehead atoms. The second-order valence-electron chi connectivity index (χ2n) is 8.53. The first kappa shape index (κ1) is 32.0. The summed E-state index contributed by atoms with van der Waals surface area (Å²) in [7, 11) is 0. The van der Waals surface area contributed by atoms with Crippen molar-refractivity contribution in [3.63, 3.8) is 0 Å². The summed E-state index contributed by atoms with van der Waals surface area (Å²) < 4.78 is 0. The van der Waals surface area contributed by atoms with E-state index in [1.165, 1.54) is 0 Å². The van der Waals surface area contributed by atoms with Crippen LogP contribution in [0.15, 0.2) is 4.99 Å². The van der Waals surface area contributed by atoms with Crippen LogP contribution in [0.5, 0.6) is 0 Å². The number of aldehydes is 1. The first-order valence-corrected chi connectivity index (χ1v) is 10.9. The number of rotatable bonds is 14. The number of carbonyl (C=O) groups is 4. The van der Waals surface area contributed by atoms with Gasteiger partial charge < -0.3 is 27.3 Å². The van der Waals surface area contributed by atoms with Gasteiger partial charge >= 0.3 is 0 Å². The zero-order chi connectivity index (χ0) is 24.1. The van der Waals surface area contributed by atoms with Gasteiger partial charge in [0.1, 0.15) is 12.3 Å². The van der Waals surface area contributed by atoms with Gasteiger partial charge in [-0.2, -0.15) is 0 Å². The van der Waals surface area contributed by atoms with Crippen LogP contribution in [-0.2, 0) is 19.2 Å². The fraction of sp³-hybridized carbons (Fsp3) is 0.762. The van der Waals surface area contributed by atoms with Crippen molar-refractivity contribution in [2.45, 2.75) is 84.8 Å². The molecule has 3 atom stereocenters. The van der Waals surface area contributed by atoms with E-state index in [2.05, 4.69) is 10.3 Å². The lowest BCUT2D eigenvalue weighted by atomic mass is 9.99. The number of hydrogen-bond acceptors (Lipinski definition) is 6. The predicted molar refractivity (Wildman–Crippen MR) is 128 cm³/mol. The maximum atomic E-state index is 13.3. The molecular formula is C21H41ClN6O4. The van der Waals surface area contributed by atoms with Crippen LogP contribution < -0.4 is 22.5 Å². The minimum absolute atomic E-state index is 0. The van der Waals surface area contributed by atoms with Gasteiger partial charge in [-0.05, 0) is 37.5 Å². The molecule has 0 unspecified atom stereocenters. The molecule has 0 saturated heterocycles. The van der Waals surface area contributed by atoms with Crippen molar-refractivity contribution in [2.24, 2.45) is 34.0 Å². The Morgan fingerprint density at radius 2 is 1.62 bits per heavy atom. The van der Waals surface area contributed by atoms with Gasteiger partial charge in [-0.1, -0.05) is 34.6 Å². The molecule has 0 radical (unpaired) electrons. The Hall–Kier alpha value is -2.20. The number of imide groups is 1. The molecule has 0 aromatic heterocycles. The van der Waals surface area contributed by atoms with E-state index >= 15 is 0 Å². The Morgan fingerprint density at radius 3 is 2.06 bits per heavy atom. The van der Waals surface area contributed by atoms with E-state index in [9.17, 15) is 19.2 Å². The van der Waals surface area contributed by atoms with E-state index in [1.807, 2.05) is 27.7 Å². The van der Waals surface area contributed by atoms with Crippen molar-refractivity contribution >= 4 is 42.4 Å². The summed E-state index contributed by atoms with van der Waals surface area (Å²) in [6.45, 7) is 9.58. The zero-order valence-electron chi connectivity index (χ0n) is 19.9. The van der Waals surface area contributed by atoms with Crippen LogP contribution in [0.3, 0.4) is 0 Å². The number of aliphatic imine (C=N–C) groups is 1. The standard InChI is InChI=1S/C21H40N6O4.ClH/c1-6-18(29)27(15(12-28)8-7-9-25-21(23)24)20(31)17(11-14(4)5)26-19(30)16(22)10-13(2)3;/h12-17H,6-11,22H2,1-5H3,(H,26,30)(H4,23,24,25);1H/t15-,16-,17-;/m0./s1. The number of carbonyl (C=O) groups excluding carboxylic acids is 4. The van der Waals surface area contributed by atoms with Crippen molar-refractivity contribution in [1.29, 1.82) is 0 Å². The molecule has 0 saturated carbocycles. The van der Waals surface area contributed by atoms with Crippen LogP contribution in [0.2, 0.25) is 0 Å². The van der Waals surface area contributed by atoms with E-state index in [1.54, 1.807) is 6.92 Å². The molecule has 10 nitrogen and oxygen atoms in total. The number of hydrogen-bond donors (Lipinski definition) is 4. The molecule has 0 heterocycles. The molecule has 0 rings (SSSR count). The second-order valence-corrected chi connectivity index (χ2v) is 8.53.